The Balaban J connectivity index is 1.29. The zero-order valence-corrected chi connectivity index (χ0v) is 16.5. The maximum Gasteiger partial charge on any atom is 0.317 e. The van der Waals surface area contributed by atoms with Crippen LogP contribution < -0.4 is 5.32 Å². The number of nitrogens with zero attached hydrogens (tertiary/aromatic N) is 2. The Kier molecular flexibility index (Phi) is 5.41. The number of fused-ring (bicyclic) bond motifs is 1. The van der Waals surface area contributed by atoms with E-state index in [1.54, 1.807) is 0 Å². The van der Waals surface area contributed by atoms with Gasteiger partial charge in [-0.05, 0) is 29.5 Å². The van der Waals surface area contributed by atoms with Crippen molar-refractivity contribution < 1.29 is 4.79 Å². The van der Waals surface area contributed by atoms with Crippen LogP contribution in [0, 0.1) is 6.92 Å². The third-order valence-corrected chi connectivity index (χ3v) is 6.51. The van der Waals surface area contributed by atoms with Gasteiger partial charge >= 0.3 is 6.03 Å². The van der Waals surface area contributed by atoms with E-state index in [1.807, 2.05) is 46.6 Å². The van der Waals surface area contributed by atoms with Gasteiger partial charge in [0.25, 0.3) is 0 Å². The molecule has 2 aromatic carbocycles. The van der Waals surface area contributed by atoms with Crippen LogP contribution in [0.1, 0.15) is 16.0 Å². The number of hydrogen-bond acceptors (Lipinski definition) is 3. The number of amides is 2. The van der Waals surface area contributed by atoms with Crippen LogP contribution in [-0.4, -0.2) is 42.0 Å². The van der Waals surface area contributed by atoms with Gasteiger partial charge in [-0.3, -0.25) is 4.90 Å². The molecule has 2 amide bonds. The molecule has 3 aromatic rings. The van der Waals surface area contributed by atoms with E-state index in [0.717, 1.165) is 38.3 Å². The average molecular weight is 380 g/mol. The van der Waals surface area contributed by atoms with Crippen LogP contribution in [0.5, 0.6) is 0 Å². The number of nitrogens with one attached hydrogen (secondary N) is 1. The Labute approximate surface area is 164 Å². The maximum absolute atomic E-state index is 12.4. The van der Waals surface area contributed by atoms with Crippen LogP contribution in [0.15, 0.2) is 54.6 Å². The highest BCUT2D eigenvalue weighted by atomic mass is 32.1. The number of carbonyl (C=O) groups is 1. The van der Waals surface area contributed by atoms with Crippen molar-refractivity contribution in [3.8, 4) is 0 Å². The number of thiophene rings is 1. The first-order chi connectivity index (χ1) is 13.2. The fourth-order valence-corrected chi connectivity index (χ4v) is 4.83. The highest BCUT2D eigenvalue weighted by molar-refractivity contribution is 7.19. The predicted octanol–water partition coefficient (Wildman–Crippen LogP) is 4.24. The highest BCUT2D eigenvalue weighted by Crippen LogP contribution is 2.31. The van der Waals surface area contributed by atoms with E-state index in [1.165, 1.54) is 20.5 Å². The minimum absolute atomic E-state index is 0.0385. The number of benzene rings is 2. The van der Waals surface area contributed by atoms with Crippen molar-refractivity contribution in [1.82, 2.24) is 15.1 Å². The third kappa shape index (κ3) is 4.15. The number of piperazine rings is 1. The standard InChI is InChI=1S/C22H25N3OS/c1-17-19-9-5-6-10-20(19)27-21(17)16-24-11-13-25(14-12-24)22(26)23-15-18-7-3-2-4-8-18/h2-10H,11-16H2,1H3,(H,23,26). The van der Waals surface area contributed by atoms with Crippen LogP contribution in [0.3, 0.4) is 0 Å². The summed E-state index contributed by atoms with van der Waals surface area (Å²) in [6.07, 6.45) is 0. The summed E-state index contributed by atoms with van der Waals surface area (Å²) >= 11 is 1.90. The topological polar surface area (TPSA) is 35.6 Å². The van der Waals surface area contributed by atoms with Crippen molar-refractivity contribution in [2.45, 2.75) is 20.0 Å². The van der Waals surface area contributed by atoms with Crippen molar-refractivity contribution in [3.63, 3.8) is 0 Å². The maximum atomic E-state index is 12.4. The van der Waals surface area contributed by atoms with Gasteiger partial charge in [0.2, 0.25) is 0 Å². The largest absolute Gasteiger partial charge is 0.334 e. The quantitative estimate of drug-likeness (QED) is 0.736. The molecule has 1 aliphatic heterocycles. The van der Waals surface area contributed by atoms with Crippen LogP contribution in [0.25, 0.3) is 10.1 Å². The van der Waals surface area contributed by atoms with E-state index in [9.17, 15) is 4.79 Å². The van der Waals surface area contributed by atoms with E-state index >= 15 is 0 Å². The molecule has 27 heavy (non-hydrogen) atoms. The molecular weight excluding hydrogens is 354 g/mol. The molecule has 5 heteroatoms. The second-order valence-electron chi connectivity index (χ2n) is 7.05. The Hall–Kier alpha value is -2.37. The van der Waals surface area contributed by atoms with Crippen LogP contribution in [-0.2, 0) is 13.1 Å². The van der Waals surface area contributed by atoms with Crippen molar-refractivity contribution in [1.29, 1.82) is 0 Å². The van der Waals surface area contributed by atoms with Gasteiger partial charge in [-0.15, -0.1) is 11.3 Å². The van der Waals surface area contributed by atoms with Gasteiger partial charge in [0.1, 0.15) is 0 Å². The second-order valence-corrected chi connectivity index (χ2v) is 8.19. The molecule has 4 rings (SSSR count). The fraction of sp³-hybridized carbons (Fsp3) is 0.318. The summed E-state index contributed by atoms with van der Waals surface area (Å²) in [6, 6.07) is 18.7. The van der Waals surface area contributed by atoms with E-state index in [0.29, 0.717) is 6.54 Å². The minimum atomic E-state index is 0.0385. The summed E-state index contributed by atoms with van der Waals surface area (Å²) in [5.41, 5.74) is 2.53. The summed E-state index contributed by atoms with van der Waals surface area (Å²) in [5, 5.41) is 4.40. The van der Waals surface area contributed by atoms with Crippen molar-refractivity contribution in [2.75, 3.05) is 26.2 Å². The molecule has 0 bridgehead atoms. The molecule has 0 unspecified atom stereocenters. The average Bonchev–Trinajstić information content (AvgIpc) is 3.03. The Morgan fingerprint density at radius 3 is 2.44 bits per heavy atom. The highest BCUT2D eigenvalue weighted by Gasteiger charge is 2.22. The summed E-state index contributed by atoms with van der Waals surface area (Å²) in [4.78, 5) is 18.2. The summed E-state index contributed by atoms with van der Waals surface area (Å²) in [7, 11) is 0. The Morgan fingerprint density at radius 1 is 1.00 bits per heavy atom. The lowest BCUT2D eigenvalue weighted by molar-refractivity contribution is 0.135. The SMILES string of the molecule is Cc1c(CN2CCN(C(=O)NCc3ccccc3)CC2)sc2ccccc12. The molecule has 4 nitrogen and oxygen atoms in total. The number of rotatable bonds is 4. The van der Waals surface area contributed by atoms with Crippen molar-refractivity contribution in [3.05, 3.63) is 70.6 Å². The lowest BCUT2D eigenvalue weighted by Gasteiger charge is -2.34. The molecule has 1 saturated heterocycles. The molecule has 2 heterocycles. The zero-order chi connectivity index (χ0) is 18.6. The van der Waals surface area contributed by atoms with Gasteiger partial charge in [-0.1, -0.05) is 48.5 Å². The first kappa shape index (κ1) is 18.0. The summed E-state index contributed by atoms with van der Waals surface area (Å²) in [6.45, 7) is 7.20. The molecular formula is C22H25N3OS. The van der Waals surface area contributed by atoms with Gasteiger partial charge in [-0.2, -0.15) is 0 Å². The van der Waals surface area contributed by atoms with Crippen molar-refractivity contribution in [2.24, 2.45) is 0 Å². The van der Waals surface area contributed by atoms with Crippen LogP contribution in [0.4, 0.5) is 4.79 Å². The fourth-order valence-electron chi connectivity index (χ4n) is 3.57. The number of carbonyl (C=O) groups excluding carboxylic acids is 1. The van der Waals surface area contributed by atoms with Gasteiger partial charge in [0, 0.05) is 48.8 Å². The first-order valence-electron chi connectivity index (χ1n) is 9.47. The van der Waals surface area contributed by atoms with Gasteiger partial charge in [-0.25, -0.2) is 4.79 Å². The van der Waals surface area contributed by atoms with E-state index < -0.39 is 0 Å². The van der Waals surface area contributed by atoms with E-state index in [4.69, 9.17) is 0 Å². The molecule has 1 aromatic heterocycles. The third-order valence-electron chi connectivity index (χ3n) is 5.26. The lowest BCUT2D eigenvalue weighted by atomic mass is 10.1. The first-order valence-corrected chi connectivity index (χ1v) is 10.3. The molecule has 1 fully saturated rings. The molecule has 1 N–H and O–H groups in total. The molecule has 0 saturated carbocycles. The molecule has 0 radical (unpaired) electrons. The molecule has 0 atom stereocenters. The normalized spacial score (nSPS) is 15.2. The monoisotopic (exact) mass is 379 g/mol. The van der Waals surface area contributed by atoms with Crippen LogP contribution in [0.2, 0.25) is 0 Å². The Bertz CT molecular complexity index is 914. The van der Waals surface area contributed by atoms with Crippen LogP contribution >= 0.6 is 11.3 Å². The molecule has 0 spiro atoms. The van der Waals surface area contributed by atoms with Gasteiger partial charge in [0.15, 0.2) is 0 Å². The second kappa shape index (κ2) is 8.11. The smallest absolute Gasteiger partial charge is 0.317 e. The predicted molar refractivity (Wildman–Crippen MR) is 112 cm³/mol. The van der Waals surface area contributed by atoms with Gasteiger partial charge in [0.05, 0.1) is 0 Å². The lowest BCUT2D eigenvalue weighted by Crippen LogP contribution is -2.51. The summed E-state index contributed by atoms with van der Waals surface area (Å²) in [5.74, 6) is 0. The van der Waals surface area contributed by atoms with E-state index in [-0.39, 0.29) is 6.03 Å². The van der Waals surface area contributed by atoms with E-state index in [2.05, 4.69) is 41.4 Å². The number of aryl methyl sites for hydroxylation is 1. The zero-order valence-electron chi connectivity index (χ0n) is 15.6. The molecule has 0 aliphatic carbocycles. The van der Waals surface area contributed by atoms with Gasteiger partial charge < -0.3 is 10.2 Å². The van der Waals surface area contributed by atoms with Crippen molar-refractivity contribution >= 4 is 27.5 Å². The Morgan fingerprint density at radius 2 is 1.70 bits per heavy atom. The minimum Gasteiger partial charge on any atom is -0.334 e. The molecule has 1 aliphatic rings. The molecule has 140 valence electrons. The number of urea groups is 1. The summed E-state index contributed by atoms with van der Waals surface area (Å²) < 4.78 is 1.36. The number of hydrogen-bond donors (Lipinski definition) is 1.